The number of anilines is 1. The molecule has 0 saturated carbocycles. The summed E-state index contributed by atoms with van der Waals surface area (Å²) >= 11 is 0. The molecule has 0 aliphatic rings. The van der Waals surface area contributed by atoms with Gasteiger partial charge in [0.2, 0.25) is 0 Å². The van der Waals surface area contributed by atoms with Gasteiger partial charge in [-0.15, -0.1) is 0 Å². The van der Waals surface area contributed by atoms with E-state index in [-0.39, 0.29) is 5.91 Å². The zero-order valence-electron chi connectivity index (χ0n) is 15.7. The molecule has 1 aromatic heterocycles. The van der Waals surface area contributed by atoms with E-state index in [1.165, 1.54) is 0 Å². The van der Waals surface area contributed by atoms with Gasteiger partial charge in [0.25, 0.3) is 5.91 Å². The molecule has 0 radical (unpaired) electrons. The molecule has 0 atom stereocenters. The molecule has 6 nitrogen and oxygen atoms in total. The highest BCUT2D eigenvalue weighted by Crippen LogP contribution is 2.33. The summed E-state index contributed by atoms with van der Waals surface area (Å²) in [6.07, 6.45) is 0.868. The first-order chi connectivity index (χ1) is 13.2. The fraction of sp³-hybridized carbons (Fsp3) is 0.238. The molecule has 3 aromatic rings. The smallest absolute Gasteiger partial charge is 0.273 e. The number of nitrogens with zero attached hydrogens (tertiary/aromatic N) is 2. The molecule has 3 rings (SSSR count). The monoisotopic (exact) mass is 365 g/mol. The van der Waals surface area contributed by atoms with Crippen LogP contribution >= 0.6 is 0 Å². The second kappa shape index (κ2) is 8.40. The van der Waals surface area contributed by atoms with E-state index in [0.717, 1.165) is 17.7 Å². The van der Waals surface area contributed by atoms with Crippen LogP contribution in [0, 0.1) is 0 Å². The quantitative estimate of drug-likeness (QED) is 0.680. The summed E-state index contributed by atoms with van der Waals surface area (Å²) in [4.78, 5) is 12.8. The van der Waals surface area contributed by atoms with Crippen molar-refractivity contribution in [3.05, 3.63) is 60.3 Å². The molecule has 0 fully saturated rings. The number of nitrogens with one attached hydrogen (secondary N) is 1. The van der Waals surface area contributed by atoms with Gasteiger partial charge >= 0.3 is 0 Å². The van der Waals surface area contributed by atoms with Crippen molar-refractivity contribution >= 4 is 11.6 Å². The van der Waals surface area contributed by atoms with Crippen molar-refractivity contribution in [2.75, 3.05) is 19.5 Å². The minimum absolute atomic E-state index is 0.194. The molecular weight excluding hydrogens is 342 g/mol. The molecule has 0 aliphatic heterocycles. The van der Waals surface area contributed by atoms with Gasteiger partial charge < -0.3 is 14.8 Å². The third-order valence-electron chi connectivity index (χ3n) is 4.16. The molecule has 1 heterocycles. The maximum Gasteiger partial charge on any atom is 0.273 e. The SMILES string of the molecule is CCCn1nc(-c2ccc(OC)cc2OC)cc1C(=O)Nc1ccccc1. The predicted octanol–water partition coefficient (Wildman–Crippen LogP) is 4.23. The number of rotatable bonds is 7. The average Bonchev–Trinajstić information content (AvgIpc) is 3.12. The van der Waals surface area contributed by atoms with Crippen LogP contribution in [0.15, 0.2) is 54.6 Å². The summed E-state index contributed by atoms with van der Waals surface area (Å²) in [7, 11) is 3.21. The van der Waals surface area contributed by atoms with Gasteiger partial charge in [-0.05, 0) is 36.8 Å². The standard InChI is InChI=1S/C21H23N3O3/c1-4-12-24-19(21(25)22-15-8-6-5-7-9-15)14-18(23-24)17-11-10-16(26-2)13-20(17)27-3/h5-11,13-14H,4,12H2,1-3H3,(H,22,25). The van der Waals surface area contributed by atoms with Crippen LogP contribution in [0.2, 0.25) is 0 Å². The van der Waals surface area contributed by atoms with Crippen molar-refractivity contribution in [2.24, 2.45) is 0 Å². The van der Waals surface area contributed by atoms with Crippen LogP contribution < -0.4 is 14.8 Å². The van der Waals surface area contributed by atoms with Crippen molar-refractivity contribution in [1.29, 1.82) is 0 Å². The first kappa shape index (κ1) is 18.5. The Kier molecular flexibility index (Phi) is 5.76. The van der Waals surface area contributed by atoms with Gasteiger partial charge in [-0.2, -0.15) is 5.10 Å². The van der Waals surface area contributed by atoms with Gasteiger partial charge in [-0.1, -0.05) is 25.1 Å². The minimum atomic E-state index is -0.194. The molecule has 6 heteroatoms. The Labute approximate surface area is 158 Å². The summed E-state index contributed by atoms with van der Waals surface area (Å²) in [5.74, 6) is 1.15. The van der Waals surface area contributed by atoms with E-state index in [4.69, 9.17) is 9.47 Å². The summed E-state index contributed by atoms with van der Waals surface area (Å²) in [6, 6.07) is 16.7. The third-order valence-corrected chi connectivity index (χ3v) is 4.16. The Hall–Kier alpha value is -3.28. The second-order valence-corrected chi connectivity index (χ2v) is 6.02. The Morgan fingerprint density at radius 1 is 1.07 bits per heavy atom. The number of carbonyl (C=O) groups excluding carboxylic acids is 1. The number of amides is 1. The van der Waals surface area contributed by atoms with Crippen molar-refractivity contribution in [3.63, 3.8) is 0 Å². The first-order valence-electron chi connectivity index (χ1n) is 8.83. The van der Waals surface area contributed by atoms with Crippen LogP contribution in [0.25, 0.3) is 11.3 Å². The van der Waals surface area contributed by atoms with Gasteiger partial charge in [0.15, 0.2) is 0 Å². The van der Waals surface area contributed by atoms with Gasteiger partial charge in [0, 0.05) is 23.9 Å². The van der Waals surface area contributed by atoms with Crippen LogP contribution in [0.1, 0.15) is 23.8 Å². The second-order valence-electron chi connectivity index (χ2n) is 6.02. The van der Waals surface area contributed by atoms with Crippen LogP contribution in [-0.4, -0.2) is 29.9 Å². The van der Waals surface area contributed by atoms with E-state index in [0.29, 0.717) is 29.4 Å². The molecule has 27 heavy (non-hydrogen) atoms. The predicted molar refractivity (Wildman–Crippen MR) is 105 cm³/mol. The molecule has 140 valence electrons. The summed E-state index contributed by atoms with van der Waals surface area (Å²) < 4.78 is 12.5. The van der Waals surface area contributed by atoms with E-state index in [1.807, 2.05) is 49.4 Å². The topological polar surface area (TPSA) is 65.4 Å². The molecule has 0 bridgehead atoms. The van der Waals surface area contributed by atoms with E-state index in [2.05, 4.69) is 10.4 Å². The van der Waals surface area contributed by atoms with E-state index in [9.17, 15) is 4.79 Å². The number of carbonyl (C=O) groups is 1. The number of methoxy groups -OCH3 is 2. The van der Waals surface area contributed by atoms with E-state index >= 15 is 0 Å². The molecule has 0 saturated heterocycles. The molecule has 1 N–H and O–H groups in total. The lowest BCUT2D eigenvalue weighted by molar-refractivity contribution is 0.101. The number of aryl methyl sites for hydroxylation is 1. The van der Waals surface area contributed by atoms with Gasteiger partial charge in [-0.25, -0.2) is 0 Å². The van der Waals surface area contributed by atoms with Gasteiger partial charge in [-0.3, -0.25) is 9.48 Å². The van der Waals surface area contributed by atoms with Gasteiger partial charge in [0.1, 0.15) is 17.2 Å². The minimum Gasteiger partial charge on any atom is -0.497 e. The Morgan fingerprint density at radius 2 is 1.85 bits per heavy atom. The fourth-order valence-electron chi connectivity index (χ4n) is 2.84. The first-order valence-corrected chi connectivity index (χ1v) is 8.83. The van der Waals surface area contributed by atoms with Crippen molar-refractivity contribution in [2.45, 2.75) is 19.9 Å². The maximum absolute atomic E-state index is 12.8. The largest absolute Gasteiger partial charge is 0.497 e. The van der Waals surface area contributed by atoms with Crippen LogP contribution in [0.4, 0.5) is 5.69 Å². The maximum atomic E-state index is 12.8. The Balaban J connectivity index is 1.97. The normalized spacial score (nSPS) is 10.5. The number of ether oxygens (including phenoxy) is 2. The number of para-hydroxylation sites is 1. The number of hydrogen-bond donors (Lipinski definition) is 1. The Morgan fingerprint density at radius 3 is 2.52 bits per heavy atom. The number of hydrogen-bond acceptors (Lipinski definition) is 4. The number of aromatic nitrogens is 2. The highest BCUT2D eigenvalue weighted by molar-refractivity contribution is 6.03. The Bertz CT molecular complexity index is 920. The van der Waals surface area contributed by atoms with E-state index in [1.54, 1.807) is 31.0 Å². The van der Waals surface area contributed by atoms with Gasteiger partial charge in [0.05, 0.1) is 19.9 Å². The lowest BCUT2D eigenvalue weighted by atomic mass is 10.1. The lowest BCUT2D eigenvalue weighted by Gasteiger charge is -2.08. The van der Waals surface area contributed by atoms with Crippen LogP contribution in [0.3, 0.4) is 0 Å². The zero-order chi connectivity index (χ0) is 19.2. The zero-order valence-corrected chi connectivity index (χ0v) is 15.7. The molecule has 0 aliphatic carbocycles. The highest BCUT2D eigenvalue weighted by Gasteiger charge is 2.18. The molecule has 0 spiro atoms. The fourth-order valence-corrected chi connectivity index (χ4v) is 2.84. The van der Waals surface area contributed by atoms with Crippen LogP contribution in [-0.2, 0) is 6.54 Å². The highest BCUT2D eigenvalue weighted by atomic mass is 16.5. The van der Waals surface area contributed by atoms with Crippen molar-refractivity contribution in [1.82, 2.24) is 9.78 Å². The number of benzene rings is 2. The summed E-state index contributed by atoms with van der Waals surface area (Å²) in [6.45, 7) is 2.70. The van der Waals surface area contributed by atoms with Crippen molar-refractivity contribution in [3.8, 4) is 22.8 Å². The van der Waals surface area contributed by atoms with Crippen molar-refractivity contribution < 1.29 is 14.3 Å². The molecule has 0 unspecified atom stereocenters. The molecule has 2 aromatic carbocycles. The summed E-state index contributed by atoms with van der Waals surface area (Å²) in [5, 5.41) is 7.55. The van der Waals surface area contributed by atoms with Crippen LogP contribution in [0.5, 0.6) is 11.5 Å². The molecular formula is C21H23N3O3. The lowest BCUT2D eigenvalue weighted by Crippen LogP contribution is -2.17. The third kappa shape index (κ3) is 4.11. The van der Waals surface area contributed by atoms with E-state index < -0.39 is 0 Å². The molecule has 1 amide bonds. The average molecular weight is 365 g/mol. The summed E-state index contributed by atoms with van der Waals surface area (Å²) in [5.41, 5.74) is 2.74.